The molecule has 2 heterocycles. The minimum Gasteiger partial charge on any atom is -0.493 e. The Hall–Kier alpha value is -2.58. The van der Waals surface area contributed by atoms with Crippen molar-refractivity contribution in [3.05, 3.63) is 45.6 Å². The number of methoxy groups -OCH3 is 2. The molecule has 0 spiro atoms. The quantitative estimate of drug-likeness (QED) is 0.616. The number of likely N-dealkylation sites (N-methyl/N-ethyl adjacent to an activating group) is 1. The number of carbonyl (C=O) groups excluding carboxylic acids is 2. The van der Waals surface area contributed by atoms with E-state index < -0.39 is 12.0 Å². The zero-order valence-electron chi connectivity index (χ0n) is 17.8. The zero-order valence-corrected chi connectivity index (χ0v) is 18.6. The van der Waals surface area contributed by atoms with Gasteiger partial charge in [-0.25, -0.2) is 0 Å². The lowest BCUT2D eigenvalue weighted by Gasteiger charge is -2.39. The lowest BCUT2D eigenvalue weighted by molar-refractivity contribution is -0.124. The number of carbonyl (C=O) groups is 2. The molecule has 0 fully saturated rings. The minimum absolute atomic E-state index is 0.127. The normalized spacial score (nSPS) is 18.1. The van der Waals surface area contributed by atoms with Gasteiger partial charge in [-0.1, -0.05) is 6.07 Å². The Labute approximate surface area is 180 Å². The lowest BCUT2D eigenvalue weighted by atomic mass is 9.81. The van der Waals surface area contributed by atoms with Crippen LogP contribution in [-0.2, 0) is 9.53 Å². The Bertz CT molecular complexity index is 884. The first-order chi connectivity index (χ1) is 14.5. The Morgan fingerprint density at radius 1 is 1.23 bits per heavy atom. The summed E-state index contributed by atoms with van der Waals surface area (Å²) >= 11 is 1.53. The van der Waals surface area contributed by atoms with Gasteiger partial charge in [0.1, 0.15) is 0 Å². The van der Waals surface area contributed by atoms with Crippen LogP contribution in [0.5, 0.6) is 11.5 Å². The maximum atomic E-state index is 13.3. The average Bonchev–Trinajstić information content (AvgIpc) is 3.29. The van der Waals surface area contributed by atoms with E-state index in [9.17, 15) is 9.59 Å². The zero-order chi connectivity index (χ0) is 21.7. The molecule has 0 saturated heterocycles. The SMILES string of the molecule is CCOCCCNC(=O)C1c2cc(OC)c(OC)cc2C(=O)N(C)C1c1cccs1. The van der Waals surface area contributed by atoms with Crippen LogP contribution in [0.2, 0.25) is 0 Å². The average molecular weight is 433 g/mol. The van der Waals surface area contributed by atoms with Crippen LogP contribution in [0.4, 0.5) is 0 Å². The summed E-state index contributed by atoms with van der Waals surface area (Å²) in [6.07, 6.45) is 0.726. The molecule has 1 aliphatic heterocycles. The Morgan fingerprint density at radius 3 is 2.60 bits per heavy atom. The van der Waals surface area contributed by atoms with Gasteiger partial charge in [0.2, 0.25) is 5.91 Å². The van der Waals surface area contributed by atoms with Crippen LogP contribution in [0.15, 0.2) is 29.6 Å². The van der Waals surface area contributed by atoms with E-state index in [2.05, 4.69) is 5.32 Å². The molecule has 0 radical (unpaired) electrons. The van der Waals surface area contributed by atoms with Crippen LogP contribution in [0.1, 0.15) is 46.1 Å². The molecule has 0 bridgehead atoms. The van der Waals surface area contributed by atoms with Crippen molar-refractivity contribution in [2.75, 3.05) is 41.0 Å². The van der Waals surface area contributed by atoms with Gasteiger partial charge in [0, 0.05) is 37.2 Å². The maximum Gasteiger partial charge on any atom is 0.254 e. The molecule has 0 aliphatic carbocycles. The summed E-state index contributed by atoms with van der Waals surface area (Å²) in [6, 6.07) is 6.91. The summed E-state index contributed by atoms with van der Waals surface area (Å²) in [5.74, 6) is 0.117. The van der Waals surface area contributed by atoms with E-state index in [1.165, 1.54) is 18.4 Å². The first kappa shape index (κ1) is 22.1. The van der Waals surface area contributed by atoms with Crippen LogP contribution < -0.4 is 14.8 Å². The number of rotatable bonds is 9. The Kier molecular flexibility index (Phi) is 7.33. The first-order valence-corrected chi connectivity index (χ1v) is 10.8. The fraction of sp³-hybridized carbons (Fsp3) is 0.455. The minimum atomic E-state index is -0.562. The van der Waals surface area contributed by atoms with Crippen molar-refractivity contribution in [2.24, 2.45) is 0 Å². The van der Waals surface area contributed by atoms with Crippen LogP contribution in [0, 0.1) is 0 Å². The van der Waals surface area contributed by atoms with E-state index in [1.54, 1.807) is 31.2 Å². The molecule has 3 rings (SSSR count). The molecule has 30 heavy (non-hydrogen) atoms. The number of hydrogen-bond donors (Lipinski definition) is 1. The predicted molar refractivity (Wildman–Crippen MR) is 116 cm³/mol. The van der Waals surface area contributed by atoms with Crippen LogP contribution >= 0.6 is 11.3 Å². The number of amides is 2. The monoisotopic (exact) mass is 432 g/mol. The topological polar surface area (TPSA) is 77.1 Å². The van der Waals surface area contributed by atoms with Gasteiger partial charge < -0.3 is 24.4 Å². The van der Waals surface area contributed by atoms with Crippen molar-refractivity contribution >= 4 is 23.2 Å². The molecule has 0 saturated carbocycles. The molecule has 1 N–H and O–H groups in total. The van der Waals surface area contributed by atoms with Crippen molar-refractivity contribution < 1.29 is 23.8 Å². The second-order valence-electron chi connectivity index (χ2n) is 6.99. The Morgan fingerprint density at radius 2 is 1.97 bits per heavy atom. The van der Waals surface area contributed by atoms with E-state index in [4.69, 9.17) is 14.2 Å². The van der Waals surface area contributed by atoms with Gasteiger partial charge in [-0.05, 0) is 42.5 Å². The van der Waals surface area contributed by atoms with E-state index >= 15 is 0 Å². The van der Waals surface area contributed by atoms with Crippen molar-refractivity contribution in [3.63, 3.8) is 0 Å². The summed E-state index contributed by atoms with van der Waals surface area (Å²) in [6.45, 7) is 3.69. The Balaban J connectivity index is 2.01. The van der Waals surface area contributed by atoms with Crippen molar-refractivity contribution in [1.82, 2.24) is 10.2 Å². The van der Waals surface area contributed by atoms with E-state index in [0.717, 1.165) is 11.3 Å². The fourth-order valence-corrected chi connectivity index (χ4v) is 4.69. The fourth-order valence-electron chi connectivity index (χ4n) is 3.79. The molecule has 2 aromatic rings. The molecule has 2 unspecified atom stereocenters. The number of hydrogen-bond acceptors (Lipinski definition) is 6. The highest BCUT2D eigenvalue weighted by molar-refractivity contribution is 7.10. The molecule has 1 aromatic heterocycles. The highest BCUT2D eigenvalue weighted by Gasteiger charge is 2.43. The van der Waals surface area contributed by atoms with Crippen LogP contribution in [0.25, 0.3) is 0 Å². The third-order valence-corrected chi connectivity index (χ3v) is 6.20. The third kappa shape index (κ3) is 4.29. The number of thiophene rings is 1. The molecule has 2 amide bonds. The molecule has 7 nitrogen and oxygen atoms in total. The third-order valence-electron chi connectivity index (χ3n) is 5.26. The molecule has 162 valence electrons. The molecule has 8 heteroatoms. The van der Waals surface area contributed by atoms with Gasteiger partial charge in [0.05, 0.1) is 26.2 Å². The number of benzene rings is 1. The second kappa shape index (κ2) is 9.95. The molecular formula is C22H28N2O5S. The van der Waals surface area contributed by atoms with Gasteiger partial charge >= 0.3 is 0 Å². The van der Waals surface area contributed by atoms with Crippen molar-refractivity contribution in [3.8, 4) is 11.5 Å². The van der Waals surface area contributed by atoms with Crippen molar-refractivity contribution in [2.45, 2.75) is 25.3 Å². The first-order valence-electron chi connectivity index (χ1n) is 9.95. The van der Waals surface area contributed by atoms with Crippen LogP contribution in [0.3, 0.4) is 0 Å². The highest BCUT2D eigenvalue weighted by Crippen LogP contribution is 2.46. The standard InChI is InChI=1S/C22H28N2O5S/c1-5-29-10-7-9-23-21(25)19-14-12-16(27-3)17(28-4)13-15(14)22(26)24(2)20(19)18-8-6-11-30-18/h6,8,11-13,19-20H,5,7,9-10H2,1-4H3,(H,23,25). The van der Waals surface area contributed by atoms with E-state index in [0.29, 0.717) is 42.4 Å². The highest BCUT2D eigenvalue weighted by atomic mass is 32.1. The van der Waals surface area contributed by atoms with Gasteiger partial charge in [-0.15, -0.1) is 11.3 Å². The van der Waals surface area contributed by atoms with Gasteiger partial charge in [0.25, 0.3) is 5.91 Å². The summed E-state index contributed by atoms with van der Waals surface area (Å²) in [7, 11) is 4.81. The number of nitrogens with zero attached hydrogens (tertiary/aromatic N) is 1. The molecule has 2 atom stereocenters. The lowest BCUT2D eigenvalue weighted by Crippen LogP contribution is -2.45. The van der Waals surface area contributed by atoms with Crippen molar-refractivity contribution in [1.29, 1.82) is 0 Å². The number of ether oxygens (including phenoxy) is 3. The number of fused-ring (bicyclic) bond motifs is 1. The summed E-state index contributed by atoms with van der Waals surface area (Å²) in [5, 5.41) is 4.97. The predicted octanol–water partition coefficient (Wildman–Crippen LogP) is 3.22. The summed E-state index contributed by atoms with van der Waals surface area (Å²) < 4.78 is 16.2. The maximum absolute atomic E-state index is 13.3. The van der Waals surface area contributed by atoms with Gasteiger partial charge in [-0.3, -0.25) is 9.59 Å². The number of nitrogens with one attached hydrogen (secondary N) is 1. The summed E-state index contributed by atoms with van der Waals surface area (Å²) in [5.41, 5.74) is 1.11. The van der Waals surface area contributed by atoms with E-state index in [-0.39, 0.29) is 11.8 Å². The largest absolute Gasteiger partial charge is 0.493 e. The van der Waals surface area contributed by atoms with Gasteiger partial charge in [0.15, 0.2) is 11.5 Å². The second-order valence-corrected chi connectivity index (χ2v) is 7.97. The summed E-state index contributed by atoms with van der Waals surface area (Å²) in [4.78, 5) is 29.1. The molecular weight excluding hydrogens is 404 g/mol. The smallest absolute Gasteiger partial charge is 0.254 e. The molecule has 1 aliphatic rings. The molecule has 1 aromatic carbocycles. The van der Waals surface area contributed by atoms with Crippen LogP contribution in [-0.4, -0.2) is 57.7 Å². The van der Waals surface area contributed by atoms with Gasteiger partial charge in [-0.2, -0.15) is 0 Å². The van der Waals surface area contributed by atoms with E-state index in [1.807, 2.05) is 24.4 Å².